The van der Waals surface area contributed by atoms with Gasteiger partial charge in [0, 0.05) is 12.7 Å². The van der Waals surface area contributed by atoms with Crippen molar-refractivity contribution in [3.05, 3.63) is 11.7 Å². The molecule has 0 atom stereocenters. The molecule has 1 aliphatic heterocycles. The van der Waals surface area contributed by atoms with Gasteiger partial charge in [0.15, 0.2) is 0 Å². The summed E-state index contributed by atoms with van der Waals surface area (Å²) >= 11 is 0. The summed E-state index contributed by atoms with van der Waals surface area (Å²) in [6.45, 7) is 12.5. The summed E-state index contributed by atoms with van der Waals surface area (Å²) in [6.07, 6.45) is 1.61. The molecule has 0 saturated heterocycles. The fourth-order valence-electron chi connectivity index (χ4n) is 1.73. The average molecular weight is 313 g/mol. The van der Waals surface area contributed by atoms with Crippen molar-refractivity contribution in [3.63, 3.8) is 0 Å². The Hall–Kier alpha value is -1.05. The maximum atomic E-state index is 12.0. The molecule has 0 spiro atoms. The van der Waals surface area contributed by atoms with Gasteiger partial charge in [-0.2, -0.15) is 0 Å². The summed E-state index contributed by atoms with van der Waals surface area (Å²) in [5.41, 5.74) is -2.03. The van der Waals surface area contributed by atoms with E-state index in [0.717, 1.165) is 0 Å². The topological polar surface area (TPSA) is 79.2 Å². The first kappa shape index (κ1) is 19.0. The third-order valence-corrected chi connectivity index (χ3v) is 3.79. The highest BCUT2D eigenvalue weighted by atomic mass is 16.6. The lowest BCUT2D eigenvalue weighted by molar-refractivity contribution is -0.0989. The van der Waals surface area contributed by atoms with E-state index in [-0.39, 0.29) is 0 Å². The smallest absolute Gasteiger partial charge is 0.443 e. The first-order valence-corrected chi connectivity index (χ1v) is 7.51. The number of carbonyl (C=O) groups excluding carboxylic acids is 1. The van der Waals surface area contributed by atoms with Crippen LogP contribution in [0.5, 0.6) is 0 Å². The molecule has 0 unspecified atom stereocenters. The van der Waals surface area contributed by atoms with Crippen molar-refractivity contribution < 1.29 is 24.3 Å². The second-order valence-corrected chi connectivity index (χ2v) is 7.67. The molecular formula is C15H28BNO5. The maximum absolute atomic E-state index is 12.0. The van der Waals surface area contributed by atoms with Gasteiger partial charge in [-0.25, -0.2) is 4.79 Å². The van der Waals surface area contributed by atoms with Gasteiger partial charge >= 0.3 is 13.2 Å². The average Bonchev–Trinajstić information content (AvgIpc) is 2.73. The summed E-state index contributed by atoms with van der Waals surface area (Å²) < 4.78 is 10.9. The van der Waals surface area contributed by atoms with Crippen LogP contribution in [-0.2, 0) is 9.39 Å². The van der Waals surface area contributed by atoms with Crippen molar-refractivity contribution in [2.24, 2.45) is 0 Å². The van der Waals surface area contributed by atoms with Crippen molar-refractivity contribution >= 4 is 13.2 Å². The van der Waals surface area contributed by atoms with Crippen molar-refractivity contribution in [1.82, 2.24) is 4.90 Å². The van der Waals surface area contributed by atoms with Crippen LogP contribution in [0, 0.1) is 0 Å². The molecule has 6 nitrogen and oxygen atoms in total. The largest absolute Gasteiger partial charge is 0.488 e. The van der Waals surface area contributed by atoms with Crippen LogP contribution in [0.2, 0.25) is 0 Å². The molecule has 0 radical (unpaired) electrons. The van der Waals surface area contributed by atoms with Gasteiger partial charge in [-0.3, -0.25) is 4.90 Å². The van der Waals surface area contributed by atoms with Crippen LogP contribution in [0.1, 0.15) is 54.9 Å². The van der Waals surface area contributed by atoms with Crippen molar-refractivity contribution in [1.29, 1.82) is 0 Å². The maximum Gasteiger partial charge on any atom is 0.488 e. The molecule has 0 aromatic rings. The van der Waals surface area contributed by atoms with Crippen LogP contribution in [-0.4, -0.2) is 51.6 Å². The fraction of sp³-hybridized carbons (Fsp3) is 0.800. The standard InChI is InChI=1S/C15H28BNO5/c1-13(2,3)21-12(18)17-9-8-11(10-17)16(20)22-15(6,7)14(4,5)19/h10,19-20H,8-9H2,1-7H3. The summed E-state index contributed by atoms with van der Waals surface area (Å²) in [7, 11) is -1.17. The molecule has 1 aliphatic rings. The van der Waals surface area contributed by atoms with E-state index < -0.39 is 30.0 Å². The van der Waals surface area contributed by atoms with Crippen LogP contribution < -0.4 is 0 Å². The number of hydrogen-bond acceptors (Lipinski definition) is 5. The molecule has 7 heteroatoms. The highest BCUT2D eigenvalue weighted by Gasteiger charge is 2.41. The summed E-state index contributed by atoms with van der Waals surface area (Å²) in [5, 5.41) is 20.3. The Bertz CT molecular complexity index is 448. The van der Waals surface area contributed by atoms with Gasteiger partial charge < -0.3 is 19.5 Å². The molecular weight excluding hydrogens is 285 g/mol. The van der Waals surface area contributed by atoms with Crippen LogP contribution in [0.15, 0.2) is 11.7 Å². The van der Waals surface area contributed by atoms with Gasteiger partial charge in [-0.15, -0.1) is 0 Å². The van der Waals surface area contributed by atoms with E-state index in [9.17, 15) is 14.9 Å². The van der Waals surface area contributed by atoms with Gasteiger partial charge in [0.25, 0.3) is 0 Å². The van der Waals surface area contributed by atoms with Crippen molar-refractivity contribution in [3.8, 4) is 0 Å². The van der Waals surface area contributed by atoms with E-state index in [1.807, 2.05) is 0 Å². The fourth-order valence-corrected chi connectivity index (χ4v) is 1.73. The van der Waals surface area contributed by atoms with Gasteiger partial charge in [-0.1, -0.05) is 0 Å². The lowest BCUT2D eigenvalue weighted by Gasteiger charge is -2.38. The predicted molar refractivity (Wildman–Crippen MR) is 85.1 cm³/mol. The Morgan fingerprint density at radius 3 is 2.23 bits per heavy atom. The second-order valence-electron chi connectivity index (χ2n) is 7.67. The van der Waals surface area contributed by atoms with Crippen molar-refractivity contribution in [2.45, 2.75) is 71.7 Å². The summed E-state index contributed by atoms with van der Waals surface area (Å²) in [6, 6.07) is 0. The lowest BCUT2D eigenvalue weighted by atomic mass is 9.75. The molecule has 0 fully saturated rings. The molecule has 0 aliphatic carbocycles. The van der Waals surface area contributed by atoms with Gasteiger partial charge in [0.05, 0.1) is 11.2 Å². The van der Waals surface area contributed by atoms with Crippen LogP contribution in [0.25, 0.3) is 0 Å². The molecule has 0 aromatic heterocycles. The Balaban J connectivity index is 2.71. The quantitative estimate of drug-likeness (QED) is 0.777. The van der Waals surface area contributed by atoms with Crippen LogP contribution >= 0.6 is 0 Å². The molecule has 126 valence electrons. The van der Waals surface area contributed by atoms with E-state index >= 15 is 0 Å². The van der Waals surface area contributed by atoms with Gasteiger partial charge in [0.2, 0.25) is 0 Å². The normalized spacial score (nSPS) is 16.6. The molecule has 0 saturated carbocycles. The number of ether oxygens (including phenoxy) is 1. The number of amides is 1. The van der Waals surface area contributed by atoms with E-state index in [1.54, 1.807) is 54.7 Å². The minimum Gasteiger partial charge on any atom is -0.443 e. The number of nitrogens with zero attached hydrogens (tertiary/aromatic N) is 1. The van der Waals surface area contributed by atoms with Gasteiger partial charge in [-0.05, 0) is 60.4 Å². The van der Waals surface area contributed by atoms with Crippen molar-refractivity contribution in [2.75, 3.05) is 6.54 Å². The summed E-state index contributed by atoms with van der Waals surface area (Å²) in [4.78, 5) is 13.4. The SMILES string of the molecule is CC(C)(C)OC(=O)N1C=C(B(O)OC(C)(C)C(C)(C)O)CC1. The number of rotatable bonds is 4. The minimum absolute atomic E-state index is 0.438. The lowest BCUT2D eigenvalue weighted by Crippen LogP contribution is -2.50. The number of aliphatic hydroxyl groups is 1. The zero-order valence-corrected chi connectivity index (χ0v) is 14.6. The van der Waals surface area contributed by atoms with E-state index in [0.29, 0.717) is 18.4 Å². The second kappa shape index (κ2) is 6.22. The third kappa shape index (κ3) is 5.00. The van der Waals surface area contributed by atoms with Gasteiger partial charge in [0.1, 0.15) is 5.60 Å². The van der Waals surface area contributed by atoms with Crippen LogP contribution in [0.3, 0.4) is 0 Å². The summed E-state index contributed by atoms with van der Waals surface area (Å²) in [5.74, 6) is 0. The van der Waals surface area contributed by atoms with E-state index in [2.05, 4.69) is 0 Å². The Morgan fingerprint density at radius 1 is 1.23 bits per heavy atom. The van der Waals surface area contributed by atoms with Crippen LogP contribution in [0.4, 0.5) is 4.79 Å². The number of hydrogen-bond donors (Lipinski definition) is 2. The molecule has 0 aromatic carbocycles. The predicted octanol–water partition coefficient (Wildman–Crippen LogP) is 2.10. The molecule has 1 heterocycles. The zero-order chi connectivity index (χ0) is 17.3. The molecule has 22 heavy (non-hydrogen) atoms. The minimum atomic E-state index is -1.17. The molecule has 2 N–H and O–H groups in total. The molecule has 0 bridgehead atoms. The highest BCUT2D eigenvalue weighted by Crippen LogP contribution is 2.28. The monoisotopic (exact) mass is 313 g/mol. The zero-order valence-electron chi connectivity index (χ0n) is 14.6. The Labute approximate surface area is 133 Å². The molecule has 1 rings (SSSR count). The Morgan fingerprint density at radius 2 is 1.77 bits per heavy atom. The first-order valence-electron chi connectivity index (χ1n) is 7.51. The third-order valence-electron chi connectivity index (χ3n) is 3.79. The number of carbonyl (C=O) groups is 1. The first-order chi connectivity index (χ1) is 9.73. The Kier molecular flexibility index (Phi) is 5.37. The van der Waals surface area contributed by atoms with E-state index in [1.165, 1.54) is 4.90 Å². The highest BCUT2D eigenvalue weighted by molar-refractivity contribution is 6.52. The van der Waals surface area contributed by atoms with E-state index in [4.69, 9.17) is 9.39 Å². The molecule has 1 amide bonds.